The third-order valence-corrected chi connectivity index (χ3v) is 2.54. The van der Waals surface area contributed by atoms with Crippen molar-refractivity contribution in [1.29, 1.82) is 0 Å². The summed E-state index contributed by atoms with van der Waals surface area (Å²) >= 11 is 0. The van der Waals surface area contributed by atoms with Gasteiger partial charge >= 0.3 is 0 Å². The fourth-order valence-electron chi connectivity index (χ4n) is 1.50. The molecule has 0 aromatic heterocycles. The Morgan fingerprint density at radius 1 is 1.08 bits per heavy atom. The van der Waals surface area contributed by atoms with Crippen molar-refractivity contribution in [3.05, 3.63) is 12.7 Å². The van der Waals surface area contributed by atoms with Crippen molar-refractivity contribution in [3.8, 4) is 0 Å². The van der Waals surface area contributed by atoms with Gasteiger partial charge in [0.25, 0.3) is 0 Å². The maximum Gasteiger partial charge on any atom is -0.0239 e. The number of hydrogen-bond acceptors (Lipinski definition) is 0. The maximum absolute atomic E-state index is 3.85. The summed E-state index contributed by atoms with van der Waals surface area (Å²) in [5, 5.41) is 0. The molecule has 0 saturated carbocycles. The molecule has 72 valence electrons. The second kappa shape index (κ2) is 8.83. The first-order valence-corrected chi connectivity index (χ1v) is 5.47. The Bertz CT molecular complexity index is 94.2. The van der Waals surface area contributed by atoms with Crippen LogP contribution in [0.3, 0.4) is 0 Å². The summed E-state index contributed by atoms with van der Waals surface area (Å²) < 4.78 is 0. The van der Waals surface area contributed by atoms with E-state index < -0.39 is 0 Å². The quantitative estimate of drug-likeness (QED) is 0.368. The molecule has 0 N–H and O–H groups in total. The lowest BCUT2D eigenvalue weighted by molar-refractivity contribution is 0.513. The molecule has 0 bridgehead atoms. The first kappa shape index (κ1) is 11.7. The standard InChI is InChI=1S/C12H24/c1-4-7-8-9-10-11-12(5-2)6-3/h5,12H,2,4,6-11H2,1,3H3/t12-/m1/s1. The Balaban J connectivity index is 3.12. The highest BCUT2D eigenvalue weighted by Gasteiger charge is 1.99. The zero-order valence-electron chi connectivity index (χ0n) is 8.81. The van der Waals surface area contributed by atoms with Gasteiger partial charge in [0.1, 0.15) is 0 Å². The van der Waals surface area contributed by atoms with E-state index in [4.69, 9.17) is 0 Å². The van der Waals surface area contributed by atoms with E-state index in [-0.39, 0.29) is 0 Å². The van der Waals surface area contributed by atoms with Crippen molar-refractivity contribution >= 4 is 0 Å². The zero-order chi connectivity index (χ0) is 9.23. The fraction of sp³-hybridized carbons (Fsp3) is 0.833. The summed E-state index contributed by atoms with van der Waals surface area (Å²) in [5.41, 5.74) is 0. The van der Waals surface area contributed by atoms with Crippen LogP contribution in [0.25, 0.3) is 0 Å². The Morgan fingerprint density at radius 3 is 2.25 bits per heavy atom. The van der Waals surface area contributed by atoms with Crippen LogP contribution in [0.4, 0.5) is 0 Å². The van der Waals surface area contributed by atoms with Gasteiger partial charge in [-0.3, -0.25) is 0 Å². The molecule has 0 saturated heterocycles. The van der Waals surface area contributed by atoms with E-state index in [9.17, 15) is 0 Å². The summed E-state index contributed by atoms with van der Waals surface area (Å²) in [6.07, 6.45) is 11.7. The minimum atomic E-state index is 0.770. The monoisotopic (exact) mass is 168 g/mol. The van der Waals surface area contributed by atoms with E-state index in [0.29, 0.717) is 0 Å². The predicted octanol–water partition coefficient (Wildman–Crippen LogP) is 4.56. The van der Waals surface area contributed by atoms with Gasteiger partial charge in [0.2, 0.25) is 0 Å². The Hall–Kier alpha value is -0.260. The topological polar surface area (TPSA) is 0 Å². The van der Waals surface area contributed by atoms with E-state index in [2.05, 4.69) is 26.5 Å². The highest BCUT2D eigenvalue weighted by Crippen LogP contribution is 2.14. The first-order valence-electron chi connectivity index (χ1n) is 5.47. The Morgan fingerprint density at radius 2 is 1.75 bits per heavy atom. The average molecular weight is 168 g/mol. The van der Waals surface area contributed by atoms with Crippen LogP contribution < -0.4 is 0 Å². The molecule has 0 amide bonds. The van der Waals surface area contributed by atoms with Gasteiger partial charge in [-0.2, -0.15) is 0 Å². The summed E-state index contributed by atoms with van der Waals surface area (Å²) in [6.45, 7) is 8.36. The van der Waals surface area contributed by atoms with Crippen molar-refractivity contribution in [2.45, 2.75) is 58.8 Å². The molecule has 0 rings (SSSR count). The lowest BCUT2D eigenvalue weighted by atomic mass is 9.98. The zero-order valence-corrected chi connectivity index (χ0v) is 8.81. The third kappa shape index (κ3) is 6.45. The van der Waals surface area contributed by atoms with Crippen LogP contribution in [0.2, 0.25) is 0 Å². The molecular formula is C12H24. The van der Waals surface area contributed by atoms with Crippen LogP contribution in [0, 0.1) is 5.92 Å². The normalized spacial score (nSPS) is 12.8. The lowest BCUT2D eigenvalue weighted by Crippen LogP contribution is -1.93. The largest absolute Gasteiger partial charge is 0.103 e. The minimum Gasteiger partial charge on any atom is -0.103 e. The highest BCUT2D eigenvalue weighted by atomic mass is 14.0. The van der Waals surface area contributed by atoms with E-state index in [1.54, 1.807) is 0 Å². The van der Waals surface area contributed by atoms with Crippen molar-refractivity contribution < 1.29 is 0 Å². The molecule has 0 aliphatic heterocycles. The first-order chi connectivity index (χ1) is 5.85. The molecule has 0 radical (unpaired) electrons. The number of hydrogen-bond donors (Lipinski definition) is 0. The van der Waals surface area contributed by atoms with Crippen molar-refractivity contribution in [3.63, 3.8) is 0 Å². The van der Waals surface area contributed by atoms with Crippen LogP contribution in [-0.2, 0) is 0 Å². The Kier molecular flexibility index (Phi) is 8.64. The van der Waals surface area contributed by atoms with E-state index in [0.717, 1.165) is 5.92 Å². The average Bonchev–Trinajstić information content (AvgIpc) is 2.11. The SMILES string of the molecule is C=C[C@H](CC)CCCCCCC. The highest BCUT2D eigenvalue weighted by molar-refractivity contribution is 4.77. The molecular weight excluding hydrogens is 144 g/mol. The molecule has 0 nitrogen and oxygen atoms in total. The number of allylic oxidation sites excluding steroid dienone is 1. The van der Waals surface area contributed by atoms with Gasteiger partial charge in [0.05, 0.1) is 0 Å². The predicted molar refractivity (Wildman–Crippen MR) is 57.4 cm³/mol. The van der Waals surface area contributed by atoms with Crippen molar-refractivity contribution in [1.82, 2.24) is 0 Å². The van der Waals surface area contributed by atoms with Gasteiger partial charge in [0.15, 0.2) is 0 Å². The molecule has 0 heteroatoms. The van der Waals surface area contributed by atoms with Crippen LogP contribution in [0.5, 0.6) is 0 Å². The van der Waals surface area contributed by atoms with E-state index in [1.165, 1.54) is 44.9 Å². The lowest BCUT2D eigenvalue weighted by Gasteiger charge is -2.08. The fourth-order valence-corrected chi connectivity index (χ4v) is 1.50. The third-order valence-electron chi connectivity index (χ3n) is 2.54. The second-order valence-electron chi connectivity index (χ2n) is 3.61. The van der Waals surface area contributed by atoms with E-state index in [1.807, 2.05) is 0 Å². The minimum absolute atomic E-state index is 0.770. The van der Waals surface area contributed by atoms with Crippen LogP contribution in [0.1, 0.15) is 58.8 Å². The van der Waals surface area contributed by atoms with E-state index >= 15 is 0 Å². The van der Waals surface area contributed by atoms with Gasteiger partial charge in [-0.25, -0.2) is 0 Å². The van der Waals surface area contributed by atoms with Crippen molar-refractivity contribution in [2.75, 3.05) is 0 Å². The molecule has 0 aliphatic carbocycles. The van der Waals surface area contributed by atoms with Crippen molar-refractivity contribution in [2.24, 2.45) is 5.92 Å². The molecule has 0 unspecified atom stereocenters. The van der Waals surface area contributed by atoms with Crippen LogP contribution in [0.15, 0.2) is 12.7 Å². The molecule has 0 spiro atoms. The molecule has 12 heavy (non-hydrogen) atoms. The molecule has 0 heterocycles. The summed E-state index contributed by atoms with van der Waals surface area (Å²) in [6, 6.07) is 0. The van der Waals surface area contributed by atoms with Gasteiger partial charge in [-0.1, -0.05) is 52.0 Å². The summed E-state index contributed by atoms with van der Waals surface area (Å²) in [4.78, 5) is 0. The maximum atomic E-state index is 3.85. The Labute approximate surface area is 78.1 Å². The van der Waals surface area contributed by atoms with Crippen LogP contribution >= 0.6 is 0 Å². The van der Waals surface area contributed by atoms with Gasteiger partial charge in [-0.15, -0.1) is 6.58 Å². The smallest absolute Gasteiger partial charge is 0.0239 e. The summed E-state index contributed by atoms with van der Waals surface area (Å²) in [5.74, 6) is 0.770. The van der Waals surface area contributed by atoms with Gasteiger partial charge in [0, 0.05) is 0 Å². The molecule has 1 atom stereocenters. The molecule has 0 aliphatic rings. The molecule has 0 aromatic rings. The number of unbranched alkanes of at least 4 members (excludes halogenated alkanes) is 4. The van der Waals surface area contributed by atoms with Crippen LogP contribution in [-0.4, -0.2) is 0 Å². The van der Waals surface area contributed by atoms with Gasteiger partial charge < -0.3 is 0 Å². The second-order valence-corrected chi connectivity index (χ2v) is 3.61. The molecule has 0 aromatic carbocycles. The van der Waals surface area contributed by atoms with Gasteiger partial charge in [-0.05, 0) is 18.8 Å². The number of rotatable bonds is 8. The molecule has 0 fully saturated rings. The summed E-state index contributed by atoms with van der Waals surface area (Å²) in [7, 11) is 0.